The first-order valence-electron chi connectivity index (χ1n) is 3.24. The maximum atomic E-state index is 9.25. The molecule has 0 amide bonds. The number of hydrogen-bond acceptors (Lipinski definition) is 4. The summed E-state index contributed by atoms with van der Waals surface area (Å²) >= 11 is 0. The first-order chi connectivity index (χ1) is 5.39. The Bertz CT molecular complexity index is 135. The summed E-state index contributed by atoms with van der Waals surface area (Å²) in [6.07, 6.45) is 1.02. The third-order valence-corrected chi connectivity index (χ3v) is 0.962. The molecule has 0 saturated heterocycles. The van der Waals surface area contributed by atoms with Crippen LogP contribution >= 0.6 is 0 Å². The molecule has 0 rings (SSSR count). The van der Waals surface area contributed by atoms with Crippen LogP contribution in [0, 0.1) is 0 Å². The van der Waals surface area contributed by atoms with Crippen molar-refractivity contribution in [1.82, 2.24) is 0 Å². The third kappa shape index (κ3) is 11.8. The van der Waals surface area contributed by atoms with Gasteiger partial charge in [0.05, 0.1) is 0 Å². The van der Waals surface area contributed by atoms with E-state index in [2.05, 4.69) is 11.3 Å². The van der Waals surface area contributed by atoms with Gasteiger partial charge in [-0.15, -0.1) is 0 Å². The normalized spacial score (nSPS) is 9.67. The lowest BCUT2D eigenvalue weighted by Crippen LogP contribution is -2.28. The molecular formula is C7H14O5. The molecule has 0 atom stereocenters. The molecule has 5 heteroatoms. The molecular weight excluding hydrogens is 164 g/mol. The Kier molecular flexibility index (Phi) is 7.72. The fourth-order valence-electron chi connectivity index (χ4n) is 0.144. The quantitative estimate of drug-likeness (QED) is 0.416. The molecule has 0 aromatic rings. The molecule has 0 unspecified atom stereocenters. The Hall–Kier alpha value is -0.910. The van der Waals surface area contributed by atoms with Crippen LogP contribution in [0.3, 0.4) is 0 Å². The summed E-state index contributed by atoms with van der Waals surface area (Å²) in [7, 11) is 1.24. The van der Waals surface area contributed by atoms with E-state index in [1.807, 2.05) is 0 Å². The van der Waals surface area contributed by atoms with Gasteiger partial charge < -0.3 is 20.1 Å². The lowest BCUT2D eigenvalue weighted by atomic mass is 10.4. The van der Waals surface area contributed by atoms with E-state index in [1.54, 1.807) is 6.92 Å². The van der Waals surface area contributed by atoms with Crippen molar-refractivity contribution in [3.8, 4) is 0 Å². The largest absolute Gasteiger partial charge is 0.478 e. The van der Waals surface area contributed by atoms with E-state index in [0.29, 0.717) is 0 Å². The van der Waals surface area contributed by atoms with Crippen LogP contribution in [0.4, 0.5) is 0 Å². The predicted octanol–water partition coefficient (Wildman–Crippen LogP) is -0.0618. The number of aliphatic carboxylic acids is 1. The van der Waals surface area contributed by atoms with Crippen LogP contribution in [0.25, 0.3) is 0 Å². The number of aliphatic hydroxyl groups is 2. The molecule has 12 heavy (non-hydrogen) atoms. The number of carbonyl (C=O) groups is 1. The standard InChI is InChI=1S/C4H10O3.C3H4O2/c1-3-4(5,6)7-2;1-2-3(4)5/h5-6H,3H2,1-2H3;2H,1H2,(H,4,5). The van der Waals surface area contributed by atoms with Gasteiger partial charge in [0.15, 0.2) is 0 Å². The van der Waals surface area contributed by atoms with Crippen molar-refractivity contribution in [2.45, 2.75) is 19.3 Å². The number of ether oxygens (including phenoxy) is 1. The third-order valence-electron chi connectivity index (χ3n) is 0.962. The van der Waals surface area contributed by atoms with Crippen LogP contribution in [0.15, 0.2) is 12.7 Å². The number of carboxylic acids is 1. The lowest BCUT2D eigenvalue weighted by molar-refractivity contribution is -0.326. The SMILES string of the molecule is C=CC(=O)O.CCC(O)(O)OC. The summed E-state index contributed by atoms with van der Waals surface area (Å²) in [5.41, 5.74) is 0. The summed E-state index contributed by atoms with van der Waals surface area (Å²) in [6.45, 7) is 4.58. The highest BCUT2D eigenvalue weighted by Gasteiger charge is 2.17. The Labute approximate surface area is 70.9 Å². The van der Waals surface area contributed by atoms with Crippen LogP contribution in [0.2, 0.25) is 0 Å². The van der Waals surface area contributed by atoms with E-state index in [-0.39, 0.29) is 6.42 Å². The summed E-state index contributed by atoms with van der Waals surface area (Å²) < 4.78 is 4.20. The van der Waals surface area contributed by atoms with E-state index in [0.717, 1.165) is 6.08 Å². The van der Waals surface area contributed by atoms with Crippen molar-refractivity contribution in [2.24, 2.45) is 0 Å². The van der Waals surface area contributed by atoms with Gasteiger partial charge >= 0.3 is 5.97 Å². The molecule has 0 fully saturated rings. The van der Waals surface area contributed by atoms with Gasteiger partial charge in [0.1, 0.15) is 0 Å². The summed E-state index contributed by atoms with van der Waals surface area (Å²) in [5.74, 6) is -2.90. The number of hydrogen-bond donors (Lipinski definition) is 3. The average Bonchev–Trinajstić information content (AvgIpc) is 2.05. The summed E-state index contributed by atoms with van der Waals surface area (Å²) in [4.78, 5) is 9.25. The first-order valence-corrected chi connectivity index (χ1v) is 3.24. The number of carboxylic acid groups (broad SMARTS) is 1. The van der Waals surface area contributed by atoms with Crippen molar-refractivity contribution in [3.63, 3.8) is 0 Å². The summed E-state index contributed by atoms with van der Waals surface area (Å²) in [6, 6.07) is 0. The minimum Gasteiger partial charge on any atom is -0.478 e. The average molecular weight is 178 g/mol. The molecule has 0 saturated carbocycles. The van der Waals surface area contributed by atoms with Gasteiger partial charge in [0.25, 0.3) is 5.97 Å². The lowest BCUT2D eigenvalue weighted by Gasteiger charge is -2.15. The van der Waals surface area contributed by atoms with Crippen LogP contribution in [0.1, 0.15) is 13.3 Å². The van der Waals surface area contributed by atoms with Gasteiger partial charge in [-0.3, -0.25) is 0 Å². The highest BCUT2D eigenvalue weighted by molar-refractivity contribution is 5.78. The number of rotatable bonds is 3. The number of methoxy groups -OCH3 is 1. The van der Waals surface area contributed by atoms with Crippen LogP contribution in [-0.2, 0) is 9.53 Å². The van der Waals surface area contributed by atoms with Gasteiger partial charge in [-0.2, -0.15) is 0 Å². The maximum absolute atomic E-state index is 9.25. The second-order valence-electron chi connectivity index (χ2n) is 1.84. The van der Waals surface area contributed by atoms with Crippen molar-refractivity contribution in [3.05, 3.63) is 12.7 Å². The van der Waals surface area contributed by atoms with Gasteiger partial charge in [-0.25, -0.2) is 4.79 Å². The van der Waals surface area contributed by atoms with Crippen LogP contribution < -0.4 is 0 Å². The Morgan fingerprint density at radius 2 is 2.00 bits per heavy atom. The molecule has 0 aromatic heterocycles. The van der Waals surface area contributed by atoms with E-state index < -0.39 is 11.9 Å². The second-order valence-corrected chi connectivity index (χ2v) is 1.84. The zero-order valence-electron chi connectivity index (χ0n) is 7.15. The molecule has 0 radical (unpaired) electrons. The molecule has 0 aliphatic rings. The van der Waals surface area contributed by atoms with Gasteiger partial charge in [0, 0.05) is 19.6 Å². The Morgan fingerprint density at radius 1 is 1.67 bits per heavy atom. The predicted molar refractivity (Wildman–Crippen MR) is 42.3 cm³/mol. The van der Waals surface area contributed by atoms with Crippen molar-refractivity contribution in [2.75, 3.05) is 7.11 Å². The monoisotopic (exact) mass is 178 g/mol. The van der Waals surface area contributed by atoms with Gasteiger partial charge in [-0.05, 0) is 0 Å². The Balaban J connectivity index is 0. The zero-order valence-corrected chi connectivity index (χ0v) is 7.15. The molecule has 0 spiro atoms. The van der Waals surface area contributed by atoms with Crippen molar-refractivity contribution >= 4 is 5.97 Å². The smallest absolute Gasteiger partial charge is 0.327 e. The minimum absolute atomic E-state index is 0.184. The van der Waals surface area contributed by atoms with Crippen LogP contribution in [-0.4, -0.2) is 34.4 Å². The maximum Gasteiger partial charge on any atom is 0.327 e. The zero-order chi connectivity index (χ0) is 10.2. The second kappa shape index (κ2) is 6.78. The molecule has 0 aliphatic carbocycles. The molecule has 72 valence electrons. The fraction of sp³-hybridized carbons (Fsp3) is 0.571. The molecule has 0 bridgehead atoms. The minimum atomic E-state index is -1.92. The van der Waals surface area contributed by atoms with E-state index in [4.69, 9.17) is 15.3 Å². The highest BCUT2D eigenvalue weighted by Crippen LogP contribution is 2.02. The molecule has 0 aromatic carbocycles. The molecule has 3 N–H and O–H groups in total. The van der Waals surface area contributed by atoms with Gasteiger partial charge in [-0.1, -0.05) is 13.5 Å². The topological polar surface area (TPSA) is 87.0 Å². The van der Waals surface area contributed by atoms with Gasteiger partial charge in [0.2, 0.25) is 0 Å². The van der Waals surface area contributed by atoms with Crippen molar-refractivity contribution in [1.29, 1.82) is 0 Å². The van der Waals surface area contributed by atoms with E-state index in [9.17, 15) is 4.79 Å². The molecule has 0 aliphatic heterocycles. The highest BCUT2D eigenvalue weighted by atomic mass is 16.8. The van der Waals surface area contributed by atoms with E-state index in [1.165, 1.54) is 7.11 Å². The van der Waals surface area contributed by atoms with Crippen molar-refractivity contribution < 1.29 is 24.9 Å². The summed E-state index contributed by atoms with van der Waals surface area (Å²) in [5, 5.41) is 24.5. The Morgan fingerprint density at radius 3 is 2.00 bits per heavy atom. The molecule has 5 nitrogen and oxygen atoms in total. The first kappa shape index (κ1) is 13.7. The molecule has 0 heterocycles. The fourth-order valence-corrected chi connectivity index (χ4v) is 0.144. The van der Waals surface area contributed by atoms with Crippen LogP contribution in [0.5, 0.6) is 0 Å². The van der Waals surface area contributed by atoms with E-state index >= 15 is 0 Å².